The second-order valence-corrected chi connectivity index (χ2v) is 15.8. The van der Waals surface area contributed by atoms with Crippen LogP contribution in [0.4, 0.5) is 0 Å². The molecule has 258 valence electrons. The molecule has 0 unspecified atom stereocenters. The first kappa shape index (κ1) is 40.5. The molecule has 0 aromatic heterocycles. The van der Waals surface area contributed by atoms with Gasteiger partial charge in [0.2, 0.25) is 0 Å². The second-order valence-electron chi connectivity index (χ2n) is 15.8. The van der Waals surface area contributed by atoms with E-state index in [1.54, 1.807) is 0 Å². The van der Waals surface area contributed by atoms with Crippen molar-refractivity contribution in [2.45, 2.75) is 114 Å². The third-order valence-electron chi connectivity index (χ3n) is 9.71. The van der Waals surface area contributed by atoms with Crippen LogP contribution in [0.2, 0.25) is 0 Å². The van der Waals surface area contributed by atoms with Crippen LogP contribution in [-0.4, -0.2) is 113 Å². The molecule has 3 saturated carbocycles. The van der Waals surface area contributed by atoms with Gasteiger partial charge in [-0.2, -0.15) is 0 Å². The van der Waals surface area contributed by atoms with Crippen molar-refractivity contribution in [3.05, 3.63) is 34.9 Å². The van der Waals surface area contributed by atoms with Gasteiger partial charge in [-0.05, 0) is 88.7 Å². The molecule has 9 heteroatoms. The number of hydrogen-bond acceptors (Lipinski definition) is 6. The summed E-state index contributed by atoms with van der Waals surface area (Å²) in [5, 5.41) is 31.3. The zero-order chi connectivity index (χ0) is 34.4. The van der Waals surface area contributed by atoms with Gasteiger partial charge in [-0.3, -0.25) is 0 Å². The summed E-state index contributed by atoms with van der Waals surface area (Å²) in [5.41, 5.74) is -1.84. The molecule has 0 amide bonds. The Morgan fingerprint density at radius 2 is 0.756 bits per heavy atom. The monoisotopic (exact) mass is 633 g/mol. The first-order valence-electron chi connectivity index (χ1n) is 17.0. The van der Waals surface area contributed by atoms with E-state index >= 15 is 0 Å². The quantitative estimate of drug-likeness (QED) is 0.445. The molecule has 0 heterocycles. The molecule has 3 fully saturated rings. The van der Waals surface area contributed by atoms with E-state index in [0.29, 0.717) is 6.07 Å². The number of hydrogen-bond donors (Lipinski definition) is 0. The standard InChI is InChI=1S/3C9H20N.C9H6O6/c3*1-10(2,3)9-7-5-4-6-8-9;10-7(11)4-1-2-5(8(12)13)6(3-4)9(14)15/h3*9H,4-8H2,1-3H3;1-3H,(H,10,11)(H,12,13)(H,14,15)/q3*+1;/p-3. The molecule has 0 bridgehead atoms. The Bertz CT molecular complexity index is 983. The van der Waals surface area contributed by atoms with Gasteiger partial charge in [-0.1, -0.05) is 31.4 Å². The average Bonchev–Trinajstić information content (AvgIpc) is 2.98. The number of rotatable bonds is 6. The fraction of sp³-hybridized carbons (Fsp3) is 0.750. The molecule has 3 aliphatic rings. The smallest absolute Gasteiger partial charge is 0.0884 e. The maximum absolute atomic E-state index is 10.5. The fourth-order valence-corrected chi connectivity index (χ4v) is 6.59. The highest BCUT2D eigenvalue weighted by Gasteiger charge is 2.26. The number of carboxylic acids is 3. The van der Waals surface area contributed by atoms with Crippen molar-refractivity contribution >= 4 is 17.9 Å². The van der Waals surface area contributed by atoms with Crippen LogP contribution in [0.1, 0.15) is 127 Å². The van der Waals surface area contributed by atoms with Gasteiger partial charge in [-0.25, -0.2) is 0 Å². The van der Waals surface area contributed by atoms with Gasteiger partial charge in [0.25, 0.3) is 0 Å². The number of benzene rings is 1. The molecule has 1 aromatic carbocycles. The van der Waals surface area contributed by atoms with Crippen LogP contribution < -0.4 is 15.3 Å². The van der Waals surface area contributed by atoms with E-state index in [0.717, 1.165) is 30.3 Å². The minimum absolute atomic E-state index is 0.445. The lowest BCUT2D eigenvalue weighted by Gasteiger charge is -2.36. The van der Waals surface area contributed by atoms with Crippen LogP contribution >= 0.6 is 0 Å². The van der Waals surface area contributed by atoms with E-state index in [1.165, 1.54) is 110 Å². The number of nitrogens with zero attached hydrogens (tertiary/aromatic N) is 3. The number of carbonyl (C=O) groups is 3. The molecular weight excluding hydrogens is 570 g/mol. The third-order valence-corrected chi connectivity index (χ3v) is 9.71. The summed E-state index contributed by atoms with van der Waals surface area (Å²) in [7, 11) is 20.8. The summed E-state index contributed by atoms with van der Waals surface area (Å²) >= 11 is 0. The van der Waals surface area contributed by atoms with Crippen LogP contribution in [0, 0.1) is 0 Å². The van der Waals surface area contributed by atoms with Gasteiger partial charge in [-0.15, -0.1) is 0 Å². The Morgan fingerprint density at radius 3 is 0.956 bits per heavy atom. The van der Waals surface area contributed by atoms with E-state index in [4.69, 9.17) is 0 Å². The molecule has 0 spiro atoms. The molecule has 1 aromatic rings. The van der Waals surface area contributed by atoms with E-state index in [2.05, 4.69) is 63.4 Å². The molecule has 0 saturated heterocycles. The van der Waals surface area contributed by atoms with Crippen LogP contribution in [0.3, 0.4) is 0 Å². The van der Waals surface area contributed by atoms with E-state index < -0.39 is 34.6 Å². The molecule has 0 atom stereocenters. The lowest BCUT2D eigenvalue weighted by atomic mass is 9.94. The predicted molar refractivity (Wildman–Crippen MR) is 174 cm³/mol. The summed E-state index contributed by atoms with van der Waals surface area (Å²) in [4.78, 5) is 31.3. The Balaban J connectivity index is 0.000000305. The fourth-order valence-electron chi connectivity index (χ4n) is 6.59. The van der Waals surface area contributed by atoms with Crippen LogP contribution in [0.15, 0.2) is 18.2 Å². The minimum atomic E-state index is -1.79. The molecule has 3 aliphatic carbocycles. The van der Waals surface area contributed by atoms with Gasteiger partial charge in [0.15, 0.2) is 0 Å². The summed E-state index contributed by atoms with van der Waals surface area (Å²) in [5.74, 6) is -5.13. The Hall–Kier alpha value is -2.49. The minimum Gasteiger partial charge on any atom is -0.545 e. The van der Waals surface area contributed by atoms with Gasteiger partial charge < -0.3 is 43.2 Å². The molecule has 0 aliphatic heterocycles. The Morgan fingerprint density at radius 1 is 0.467 bits per heavy atom. The van der Waals surface area contributed by atoms with Crippen molar-refractivity contribution < 1.29 is 43.2 Å². The first-order valence-corrected chi connectivity index (χ1v) is 17.0. The zero-order valence-electron chi connectivity index (χ0n) is 29.9. The highest BCUT2D eigenvalue weighted by molar-refractivity contribution is 6.02. The first-order chi connectivity index (χ1) is 20.7. The molecule has 0 N–H and O–H groups in total. The Labute approximate surface area is 273 Å². The summed E-state index contributed by atoms with van der Waals surface area (Å²) in [6.45, 7) is 0. The lowest BCUT2D eigenvalue weighted by molar-refractivity contribution is -0.897. The third kappa shape index (κ3) is 15.6. The highest BCUT2D eigenvalue weighted by Crippen LogP contribution is 2.25. The van der Waals surface area contributed by atoms with Gasteiger partial charge in [0.1, 0.15) is 0 Å². The normalized spacial score (nSPS) is 18.6. The number of carboxylic acid groups (broad SMARTS) is 3. The van der Waals surface area contributed by atoms with Gasteiger partial charge >= 0.3 is 0 Å². The topological polar surface area (TPSA) is 120 Å². The Kier molecular flexibility index (Phi) is 16.8. The van der Waals surface area contributed by atoms with Crippen molar-refractivity contribution in [3.8, 4) is 0 Å². The molecule has 45 heavy (non-hydrogen) atoms. The van der Waals surface area contributed by atoms with Crippen molar-refractivity contribution in [2.75, 3.05) is 63.4 Å². The van der Waals surface area contributed by atoms with Crippen molar-refractivity contribution in [1.29, 1.82) is 0 Å². The largest absolute Gasteiger partial charge is 0.545 e. The van der Waals surface area contributed by atoms with Crippen LogP contribution in [0.25, 0.3) is 0 Å². The van der Waals surface area contributed by atoms with E-state index in [1.807, 2.05) is 0 Å². The van der Waals surface area contributed by atoms with Crippen molar-refractivity contribution in [1.82, 2.24) is 0 Å². The van der Waals surface area contributed by atoms with Crippen molar-refractivity contribution in [3.63, 3.8) is 0 Å². The summed E-state index contributed by atoms with van der Waals surface area (Å²) in [6.07, 6.45) is 21.8. The van der Waals surface area contributed by atoms with Gasteiger partial charge in [0, 0.05) is 11.1 Å². The van der Waals surface area contributed by atoms with E-state index in [9.17, 15) is 29.7 Å². The second kappa shape index (κ2) is 18.6. The molecule has 4 rings (SSSR count). The van der Waals surface area contributed by atoms with Crippen molar-refractivity contribution in [2.24, 2.45) is 0 Å². The summed E-state index contributed by atoms with van der Waals surface area (Å²) in [6, 6.07) is 5.19. The SMILES string of the molecule is C[N+](C)(C)C1CCCCC1.C[N+](C)(C)C1CCCCC1.C[N+](C)(C)C1CCCCC1.O=C([O-])c1ccc(C(=O)[O-])c(C(=O)[O-])c1. The number of aromatic carboxylic acids is 3. The summed E-state index contributed by atoms with van der Waals surface area (Å²) < 4.78 is 3.50. The molecule has 0 radical (unpaired) electrons. The predicted octanol–water partition coefficient (Wildman–Crippen LogP) is 2.85. The number of carbonyl (C=O) groups excluding carboxylic acids is 3. The highest BCUT2D eigenvalue weighted by atomic mass is 16.4. The van der Waals surface area contributed by atoms with E-state index in [-0.39, 0.29) is 0 Å². The molecule has 9 nitrogen and oxygen atoms in total. The van der Waals surface area contributed by atoms with Crippen LogP contribution in [-0.2, 0) is 0 Å². The maximum Gasteiger partial charge on any atom is 0.0884 e. The number of quaternary nitrogens is 3. The molecular formula is C36H63N3O6. The lowest BCUT2D eigenvalue weighted by Crippen LogP contribution is -2.45. The van der Waals surface area contributed by atoms with Crippen LogP contribution in [0.5, 0.6) is 0 Å². The zero-order valence-corrected chi connectivity index (χ0v) is 29.9. The average molecular weight is 634 g/mol. The maximum atomic E-state index is 10.5. The van der Waals surface area contributed by atoms with Gasteiger partial charge in [0.05, 0.1) is 99.5 Å².